The van der Waals surface area contributed by atoms with Crippen LogP contribution in [-0.4, -0.2) is 5.78 Å². The summed E-state index contributed by atoms with van der Waals surface area (Å²) < 4.78 is 26.4. The molecule has 0 aliphatic rings. The normalized spacial score (nSPS) is 10.5. The van der Waals surface area contributed by atoms with Crippen molar-refractivity contribution >= 4 is 33.3 Å². The Morgan fingerprint density at radius 3 is 2.37 bits per heavy atom. The molecule has 2 rings (SSSR count). The van der Waals surface area contributed by atoms with E-state index in [0.717, 1.165) is 6.07 Å². The third-order valence-corrected chi connectivity index (χ3v) is 3.65. The molecule has 0 saturated heterocycles. The van der Waals surface area contributed by atoms with E-state index < -0.39 is 5.82 Å². The van der Waals surface area contributed by atoms with Crippen LogP contribution < -0.4 is 0 Å². The molecule has 0 saturated carbocycles. The Kier molecular flexibility index (Phi) is 4.32. The molecule has 0 aliphatic heterocycles. The Balaban J connectivity index is 2.25. The molecule has 0 unspecified atom stereocenters. The van der Waals surface area contributed by atoms with Gasteiger partial charge in [-0.3, -0.25) is 4.79 Å². The molecule has 19 heavy (non-hydrogen) atoms. The van der Waals surface area contributed by atoms with Crippen LogP contribution in [0, 0.1) is 11.6 Å². The SMILES string of the molecule is O=C(Cc1ccc(F)cc1Br)c1ccc(F)cc1Cl. The largest absolute Gasteiger partial charge is 0.294 e. The zero-order chi connectivity index (χ0) is 14.0. The average Bonchev–Trinajstić information content (AvgIpc) is 2.32. The molecule has 0 fully saturated rings. The number of hydrogen-bond acceptors (Lipinski definition) is 1. The Morgan fingerprint density at radius 1 is 1.11 bits per heavy atom. The highest BCUT2D eigenvalue weighted by molar-refractivity contribution is 9.10. The monoisotopic (exact) mass is 344 g/mol. The molecule has 5 heteroatoms. The van der Waals surface area contributed by atoms with Crippen LogP contribution in [0.5, 0.6) is 0 Å². The minimum absolute atomic E-state index is 0.0617. The Hall–Kier alpha value is -1.26. The zero-order valence-electron chi connectivity index (χ0n) is 9.59. The predicted octanol–water partition coefficient (Wildman–Crippen LogP) is 4.81. The van der Waals surface area contributed by atoms with Crippen LogP contribution in [0.25, 0.3) is 0 Å². The van der Waals surface area contributed by atoms with Crippen molar-refractivity contribution in [1.82, 2.24) is 0 Å². The van der Waals surface area contributed by atoms with Crippen LogP contribution in [0.1, 0.15) is 15.9 Å². The summed E-state index contributed by atoms with van der Waals surface area (Å²) in [7, 11) is 0. The van der Waals surface area contributed by atoms with Gasteiger partial charge in [-0.25, -0.2) is 8.78 Å². The fourth-order valence-corrected chi connectivity index (χ4v) is 2.41. The van der Waals surface area contributed by atoms with Gasteiger partial charge in [-0.2, -0.15) is 0 Å². The Bertz CT molecular complexity index is 643. The Morgan fingerprint density at radius 2 is 1.74 bits per heavy atom. The number of halogens is 4. The van der Waals surface area contributed by atoms with E-state index in [0.29, 0.717) is 10.0 Å². The summed E-state index contributed by atoms with van der Waals surface area (Å²) in [6.45, 7) is 0. The Labute approximate surface area is 122 Å². The summed E-state index contributed by atoms with van der Waals surface area (Å²) in [5, 5.41) is 0.0724. The first-order chi connectivity index (χ1) is 8.97. The van der Waals surface area contributed by atoms with Gasteiger partial charge in [-0.1, -0.05) is 33.6 Å². The molecular formula is C14H8BrClF2O. The quantitative estimate of drug-likeness (QED) is 0.730. The van der Waals surface area contributed by atoms with Gasteiger partial charge in [0.1, 0.15) is 11.6 Å². The van der Waals surface area contributed by atoms with Crippen molar-refractivity contribution in [3.05, 3.63) is 68.7 Å². The van der Waals surface area contributed by atoms with Crippen LogP contribution in [0.4, 0.5) is 8.78 Å². The minimum atomic E-state index is -0.496. The van der Waals surface area contributed by atoms with E-state index >= 15 is 0 Å². The van der Waals surface area contributed by atoms with Crippen LogP contribution in [0.15, 0.2) is 40.9 Å². The third-order valence-electron chi connectivity index (χ3n) is 2.60. The fraction of sp³-hybridized carbons (Fsp3) is 0.0714. The van der Waals surface area contributed by atoms with E-state index in [1.807, 2.05) is 0 Å². The van der Waals surface area contributed by atoms with Gasteiger partial charge in [0.25, 0.3) is 0 Å². The van der Waals surface area contributed by atoms with Crippen LogP contribution in [0.3, 0.4) is 0 Å². The van der Waals surface area contributed by atoms with Crippen molar-refractivity contribution in [3.63, 3.8) is 0 Å². The third kappa shape index (κ3) is 3.39. The van der Waals surface area contributed by atoms with Crippen molar-refractivity contribution in [2.45, 2.75) is 6.42 Å². The predicted molar refractivity (Wildman–Crippen MR) is 73.5 cm³/mol. The number of ketones is 1. The molecule has 98 valence electrons. The van der Waals surface area contributed by atoms with Gasteiger partial charge < -0.3 is 0 Å². The van der Waals surface area contributed by atoms with Crippen molar-refractivity contribution < 1.29 is 13.6 Å². The summed E-state index contributed by atoms with van der Waals surface area (Å²) in [5.74, 6) is -1.13. The second-order valence-electron chi connectivity index (χ2n) is 3.96. The van der Waals surface area contributed by atoms with Gasteiger partial charge in [0, 0.05) is 16.5 Å². The minimum Gasteiger partial charge on any atom is -0.294 e. The number of carbonyl (C=O) groups excluding carboxylic acids is 1. The topological polar surface area (TPSA) is 17.1 Å². The lowest BCUT2D eigenvalue weighted by atomic mass is 10.0. The summed E-state index contributed by atoms with van der Waals surface area (Å²) in [4.78, 5) is 12.1. The van der Waals surface area contributed by atoms with E-state index in [-0.39, 0.29) is 28.6 Å². The van der Waals surface area contributed by atoms with Gasteiger partial charge in [0.05, 0.1) is 5.02 Å². The molecule has 1 nitrogen and oxygen atoms in total. The van der Waals surface area contributed by atoms with Crippen molar-refractivity contribution in [3.8, 4) is 0 Å². The molecule has 0 radical (unpaired) electrons. The molecule has 0 spiro atoms. The highest BCUT2D eigenvalue weighted by Crippen LogP contribution is 2.23. The number of hydrogen-bond donors (Lipinski definition) is 0. The molecule has 0 amide bonds. The molecule has 2 aromatic carbocycles. The van der Waals surface area contributed by atoms with Crippen LogP contribution in [-0.2, 0) is 6.42 Å². The van der Waals surface area contributed by atoms with Gasteiger partial charge in [-0.15, -0.1) is 0 Å². The first-order valence-electron chi connectivity index (χ1n) is 5.39. The maximum atomic E-state index is 12.9. The lowest BCUT2D eigenvalue weighted by molar-refractivity contribution is 0.0993. The van der Waals surface area contributed by atoms with Gasteiger partial charge in [-0.05, 0) is 35.9 Å². The maximum absolute atomic E-state index is 12.9. The molecule has 0 N–H and O–H groups in total. The standard InChI is InChI=1S/C14H8BrClF2O/c15-12-6-9(17)2-1-8(12)5-14(19)11-4-3-10(18)7-13(11)16/h1-4,6-7H,5H2. The number of rotatable bonds is 3. The zero-order valence-corrected chi connectivity index (χ0v) is 11.9. The first-order valence-corrected chi connectivity index (χ1v) is 6.56. The van der Waals surface area contributed by atoms with Crippen molar-refractivity contribution in [2.75, 3.05) is 0 Å². The molecule has 0 bridgehead atoms. The maximum Gasteiger partial charge on any atom is 0.168 e. The first kappa shape index (κ1) is 14.2. The second kappa shape index (κ2) is 5.80. The van der Waals surface area contributed by atoms with E-state index in [1.165, 1.54) is 30.3 Å². The summed E-state index contributed by atoms with van der Waals surface area (Å²) in [6, 6.07) is 7.70. The summed E-state index contributed by atoms with van der Waals surface area (Å²) in [5.41, 5.74) is 0.895. The van der Waals surface area contributed by atoms with Gasteiger partial charge in [0.15, 0.2) is 5.78 Å². The smallest absolute Gasteiger partial charge is 0.168 e. The molecule has 0 heterocycles. The van der Waals surface area contributed by atoms with Gasteiger partial charge >= 0.3 is 0 Å². The number of benzene rings is 2. The molecule has 0 atom stereocenters. The van der Waals surface area contributed by atoms with E-state index in [4.69, 9.17) is 11.6 Å². The fourth-order valence-electron chi connectivity index (χ4n) is 1.65. The van der Waals surface area contributed by atoms with E-state index in [1.54, 1.807) is 0 Å². The molecular weight excluding hydrogens is 338 g/mol. The number of carbonyl (C=O) groups is 1. The van der Waals surface area contributed by atoms with Crippen molar-refractivity contribution in [2.24, 2.45) is 0 Å². The molecule has 0 aliphatic carbocycles. The summed E-state index contributed by atoms with van der Waals surface area (Å²) in [6.07, 6.45) is 0.0617. The highest BCUT2D eigenvalue weighted by Gasteiger charge is 2.13. The van der Waals surface area contributed by atoms with Gasteiger partial charge in [0.2, 0.25) is 0 Å². The van der Waals surface area contributed by atoms with Crippen LogP contribution in [0.2, 0.25) is 5.02 Å². The molecule has 2 aromatic rings. The number of Topliss-reactive ketones (excluding diaryl/α,β-unsaturated/α-hetero) is 1. The lowest BCUT2D eigenvalue weighted by Crippen LogP contribution is -2.05. The highest BCUT2D eigenvalue weighted by atomic mass is 79.9. The second-order valence-corrected chi connectivity index (χ2v) is 5.22. The summed E-state index contributed by atoms with van der Waals surface area (Å²) >= 11 is 9.02. The molecule has 0 aromatic heterocycles. The van der Waals surface area contributed by atoms with Crippen molar-refractivity contribution in [1.29, 1.82) is 0 Å². The van der Waals surface area contributed by atoms with Crippen LogP contribution >= 0.6 is 27.5 Å². The van der Waals surface area contributed by atoms with E-state index in [9.17, 15) is 13.6 Å². The van der Waals surface area contributed by atoms with E-state index in [2.05, 4.69) is 15.9 Å². The average molecular weight is 346 g/mol. The lowest BCUT2D eigenvalue weighted by Gasteiger charge is -2.06.